The van der Waals surface area contributed by atoms with E-state index >= 15 is 0 Å². The molecule has 0 radical (unpaired) electrons. The predicted molar refractivity (Wildman–Crippen MR) is 65.8 cm³/mol. The van der Waals surface area contributed by atoms with Crippen LogP contribution in [-0.4, -0.2) is 24.5 Å². The molecule has 1 aromatic carbocycles. The number of hydrogen-bond acceptors (Lipinski definition) is 2. The molecule has 0 heterocycles. The van der Waals surface area contributed by atoms with Crippen LogP contribution in [0.3, 0.4) is 0 Å². The highest BCUT2D eigenvalue weighted by Crippen LogP contribution is 2.03. The number of hydrogen-bond donors (Lipinski definition) is 1. The van der Waals surface area contributed by atoms with Gasteiger partial charge in [0.15, 0.2) is 0 Å². The van der Waals surface area contributed by atoms with E-state index in [0.29, 0.717) is 6.54 Å². The molecule has 0 aliphatic heterocycles. The van der Waals surface area contributed by atoms with E-state index in [0.717, 1.165) is 19.6 Å². The molecular weight excluding hydrogens is 208 g/mol. The Morgan fingerprint density at radius 2 is 2.00 bits per heavy atom. The maximum Gasteiger partial charge on any atom is 0.0237 e. The number of nitrogens with zero attached hydrogens (tertiary/aromatic N) is 1. The standard InChI is InChI=1S/C12H17ClN2/c13-7-4-9-15(10-8-14)11-12-5-2-1-3-6-12/h1-7H,8-11,14H2/b7-4+. The van der Waals surface area contributed by atoms with Crippen LogP contribution in [0.15, 0.2) is 41.9 Å². The molecule has 0 unspecified atom stereocenters. The van der Waals surface area contributed by atoms with E-state index in [9.17, 15) is 0 Å². The van der Waals surface area contributed by atoms with Gasteiger partial charge in [-0.1, -0.05) is 48.0 Å². The van der Waals surface area contributed by atoms with Crippen molar-refractivity contribution in [2.45, 2.75) is 6.54 Å². The largest absolute Gasteiger partial charge is 0.329 e. The van der Waals surface area contributed by atoms with Gasteiger partial charge < -0.3 is 5.73 Å². The van der Waals surface area contributed by atoms with Crippen LogP contribution in [0.1, 0.15) is 5.56 Å². The fourth-order valence-corrected chi connectivity index (χ4v) is 1.53. The van der Waals surface area contributed by atoms with Crippen molar-refractivity contribution in [2.24, 2.45) is 5.73 Å². The van der Waals surface area contributed by atoms with Crippen LogP contribution < -0.4 is 5.73 Å². The Morgan fingerprint density at radius 3 is 2.60 bits per heavy atom. The zero-order valence-corrected chi connectivity index (χ0v) is 9.53. The van der Waals surface area contributed by atoms with Gasteiger partial charge in [-0.05, 0) is 5.56 Å². The van der Waals surface area contributed by atoms with Gasteiger partial charge in [-0.25, -0.2) is 0 Å². The molecule has 0 fully saturated rings. The summed E-state index contributed by atoms with van der Waals surface area (Å²) in [5.41, 5.74) is 8.41. The van der Waals surface area contributed by atoms with Crippen LogP contribution in [0.5, 0.6) is 0 Å². The van der Waals surface area contributed by atoms with Crippen LogP contribution in [0.4, 0.5) is 0 Å². The molecule has 0 amide bonds. The molecule has 3 heteroatoms. The van der Waals surface area contributed by atoms with Gasteiger partial charge in [-0.15, -0.1) is 0 Å². The normalized spacial score (nSPS) is 11.4. The summed E-state index contributed by atoms with van der Waals surface area (Å²) in [6.45, 7) is 3.31. The Morgan fingerprint density at radius 1 is 1.27 bits per heavy atom. The molecule has 2 nitrogen and oxygen atoms in total. The van der Waals surface area contributed by atoms with E-state index in [4.69, 9.17) is 17.3 Å². The number of rotatable bonds is 6. The monoisotopic (exact) mass is 224 g/mol. The van der Waals surface area contributed by atoms with Crippen LogP contribution in [0.25, 0.3) is 0 Å². The molecule has 82 valence electrons. The first-order valence-electron chi connectivity index (χ1n) is 5.08. The lowest BCUT2D eigenvalue weighted by atomic mass is 10.2. The molecule has 0 spiro atoms. The van der Waals surface area contributed by atoms with E-state index in [1.54, 1.807) is 5.54 Å². The summed E-state index contributed by atoms with van der Waals surface area (Å²) < 4.78 is 0. The van der Waals surface area contributed by atoms with Crippen LogP contribution in [0, 0.1) is 0 Å². The summed E-state index contributed by atoms with van der Waals surface area (Å²) in [6, 6.07) is 10.4. The Labute approximate surface area is 96.3 Å². The minimum absolute atomic E-state index is 0.670. The first-order chi connectivity index (χ1) is 7.36. The molecule has 0 aromatic heterocycles. The summed E-state index contributed by atoms with van der Waals surface area (Å²) >= 11 is 5.51. The second-order valence-electron chi connectivity index (χ2n) is 3.37. The summed E-state index contributed by atoms with van der Waals surface area (Å²) in [5.74, 6) is 0. The topological polar surface area (TPSA) is 29.3 Å². The second kappa shape index (κ2) is 7.46. The van der Waals surface area contributed by atoms with E-state index in [2.05, 4.69) is 17.0 Å². The van der Waals surface area contributed by atoms with E-state index in [1.165, 1.54) is 5.56 Å². The summed E-state index contributed by atoms with van der Waals surface area (Å²) in [5, 5.41) is 0. The van der Waals surface area contributed by atoms with E-state index in [-0.39, 0.29) is 0 Å². The summed E-state index contributed by atoms with van der Waals surface area (Å²) in [7, 11) is 0. The molecule has 2 N–H and O–H groups in total. The second-order valence-corrected chi connectivity index (χ2v) is 3.62. The summed E-state index contributed by atoms with van der Waals surface area (Å²) in [4.78, 5) is 2.26. The minimum atomic E-state index is 0.670. The Kier molecular flexibility index (Phi) is 6.09. The predicted octanol–water partition coefficient (Wildman–Crippen LogP) is 2.20. The van der Waals surface area contributed by atoms with Crippen molar-refractivity contribution in [3.63, 3.8) is 0 Å². The third-order valence-electron chi connectivity index (χ3n) is 2.15. The van der Waals surface area contributed by atoms with Gasteiger partial charge in [-0.3, -0.25) is 4.90 Å². The zero-order valence-electron chi connectivity index (χ0n) is 8.77. The quantitative estimate of drug-likeness (QED) is 0.803. The molecule has 0 atom stereocenters. The molecule has 0 bridgehead atoms. The molecule has 15 heavy (non-hydrogen) atoms. The van der Waals surface area contributed by atoms with Gasteiger partial charge >= 0.3 is 0 Å². The van der Waals surface area contributed by atoms with Crippen LogP contribution in [0.2, 0.25) is 0 Å². The highest BCUT2D eigenvalue weighted by molar-refractivity contribution is 6.25. The van der Waals surface area contributed by atoms with Crippen LogP contribution >= 0.6 is 11.6 Å². The lowest BCUT2D eigenvalue weighted by Gasteiger charge is -2.19. The smallest absolute Gasteiger partial charge is 0.0237 e. The molecule has 0 aliphatic rings. The Bertz CT molecular complexity index is 285. The number of halogens is 1. The molecule has 1 rings (SSSR count). The average Bonchev–Trinajstić information content (AvgIpc) is 2.28. The van der Waals surface area contributed by atoms with Crippen molar-refractivity contribution >= 4 is 11.6 Å². The van der Waals surface area contributed by atoms with Crippen molar-refractivity contribution in [3.05, 3.63) is 47.5 Å². The van der Waals surface area contributed by atoms with Gasteiger partial charge in [0.1, 0.15) is 0 Å². The first-order valence-corrected chi connectivity index (χ1v) is 5.52. The van der Waals surface area contributed by atoms with Gasteiger partial charge in [0.05, 0.1) is 0 Å². The van der Waals surface area contributed by atoms with Crippen molar-refractivity contribution in [1.29, 1.82) is 0 Å². The third kappa shape index (κ3) is 4.98. The summed E-state index contributed by atoms with van der Waals surface area (Å²) in [6.07, 6.45) is 1.93. The lowest BCUT2D eigenvalue weighted by Crippen LogP contribution is -2.29. The van der Waals surface area contributed by atoms with Gasteiger partial charge in [-0.2, -0.15) is 0 Å². The average molecular weight is 225 g/mol. The van der Waals surface area contributed by atoms with Crippen molar-refractivity contribution in [3.8, 4) is 0 Å². The highest BCUT2D eigenvalue weighted by atomic mass is 35.5. The Hall–Kier alpha value is -0.830. The van der Waals surface area contributed by atoms with Gasteiger partial charge in [0.2, 0.25) is 0 Å². The van der Waals surface area contributed by atoms with Crippen molar-refractivity contribution in [2.75, 3.05) is 19.6 Å². The van der Waals surface area contributed by atoms with Gasteiger partial charge in [0, 0.05) is 31.7 Å². The van der Waals surface area contributed by atoms with E-state index in [1.807, 2.05) is 24.3 Å². The lowest BCUT2D eigenvalue weighted by molar-refractivity contribution is 0.303. The number of benzene rings is 1. The van der Waals surface area contributed by atoms with E-state index < -0.39 is 0 Å². The molecule has 1 aromatic rings. The Balaban J connectivity index is 2.50. The SMILES string of the molecule is NCCN(C/C=C/Cl)Cc1ccccc1. The highest BCUT2D eigenvalue weighted by Gasteiger charge is 2.02. The van der Waals surface area contributed by atoms with Gasteiger partial charge in [0.25, 0.3) is 0 Å². The van der Waals surface area contributed by atoms with Crippen molar-refractivity contribution in [1.82, 2.24) is 4.90 Å². The minimum Gasteiger partial charge on any atom is -0.329 e. The molecule has 0 saturated heterocycles. The fourth-order valence-electron chi connectivity index (χ4n) is 1.45. The fraction of sp³-hybridized carbons (Fsp3) is 0.333. The number of nitrogens with two attached hydrogens (primary N) is 1. The van der Waals surface area contributed by atoms with Crippen molar-refractivity contribution < 1.29 is 0 Å². The first kappa shape index (κ1) is 12.2. The third-order valence-corrected chi connectivity index (χ3v) is 2.33. The zero-order chi connectivity index (χ0) is 10.9. The van der Waals surface area contributed by atoms with Crippen LogP contribution in [-0.2, 0) is 6.54 Å². The maximum atomic E-state index is 5.56. The maximum absolute atomic E-state index is 5.56. The molecule has 0 saturated carbocycles. The molecule has 0 aliphatic carbocycles. The molecular formula is C12H17ClN2.